The van der Waals surface area contributed by atoms with Gasteiger partial charge in [-0.2, -0.15) is 4.31 Å². The number of fused-ring (bicyclic) bond motifs is 1. The van der Waals surface area contributed by atoms with Crippen LogP contribution in [-0.4, -0.2) is 58.7 Å². The van der Waals surface area contributed by atoms with Gasteiger partial charge in [0.05, 0.1) is 24.8 Å². The Morgan fingerprint density at radius 3 is 2.64 bits per heavy atom. The van der Waals surface area contributed by atoms with Gasteiger partial charge >= 0.3 is 0 Å². The van der Waals surface area contributed by atoms with Gasteiger partial charge in [-0.15, -0.1) is 0 Å². The number of piperidine rings is 1. The summed E-state index contributed by atoms with van der Waals surface area (Å²) in [5.41, 5.74) is 2.75. The molecule has 2 aromatic rings. The fourth-order valence-electron chi connectivity index (χ4n) is 4.14. The first kappa shape index (κ1) is 19.4. The number of ether oxygens (including phenoxy) is 1. The Balaban J connectivity index is 1.56. The molecule has 2 aliphatic rings. The van der Waals surface area contributed by atoms with Crippen LogP contribution in [0.4, 0.5) is 0 Å². The molecule has 1 aromatic carbocycles. The molecular formula is C20H28N4O3S. The molecule has 1 fully saturated rings. The van der Waals surface area contributed by atoms with Crippen molar-refractivity contribution in [3.05, 3.63) is 47.5 Å². The van der Waals surface area contributed by atoms with Crippen LogP contribution in [0.2, 0.25) is 0 Å². The van der Waals surface area contributed by atoms with Gasteiger partial charge in [-0.1, -0.05) is 17.7 Å². The zero-order valence-electron chi connectivity index (χ0n) is 16.8. The Labute approximate surface area is 167 Å². The smallest absolute Gasteiger partial charge is 0.211 e. The van der Waals surface area contributed by atoms with E-state index in [0.29, 0.717) is 13.1 Å². The zero-order chi connectivity index (χ0) is 19.9. The molecule has 1 saturated heterocycles. The first-order valence-corrected chi connectivity index (χ1v) is 11.5. The number of sulfonamides is 1. The van der Waals surface area contributed by atoms with E-state index in [1.807, 2.05) is 49.3 Å². The monoisotopic (exact) mass is 404 g/mol. The summed E-state index contributed by atoms with van der Waals surface area (Å²) < 4.78 is 35.0. The summed E-state index contributed by atoms with van der Waals surface area (Å²) in [5, 5.41) is 0. The third-order valence-corrected chi connectivity index (χ3v) is 7.09. The van der Waals surface area contributed by atoms with Crippen LogP contribution >= 0.6 is 0 Å². The van der Waals surface area contributed by atoms with Crippen LogP contribution in [0, 0.1) is 6.92 Å². The molecule has 0 bridgehead atoms. The third kappa shape index (κ3) is 3.94. The van der Waals surface area contributed by atoms with Crippen LogP contribution < -0.4 is 4.74 Å². The molecule has 7 nitrogen and oxygen atoms in total. The van der Waals surface area contributed by atoms with E-state index in [9.17, 15) is 8.42 Å². The van der Waals surface area contributed by atoms with Crippen molar-refractivity contribution in [2.24, 2.45) is 7.05 Å². The topological polar surface area (TPSA) is 67.7 Å². The molecule has 0 saturated carbocycles. The quantitative estimate of drug-likeness (QED) is 0.782. The van der Waals surface area contributed by atoms with Crippen LogP contribution in [0.1, 0.15) is 29.7 Å². The maximum absolute atomic E-state index is 12.4. The maximum atomic E-state index is 12.4. The minimum atomic E-state index is -3.31. The fourth-order valence-corrected chi connectivity index (χ4v) is 4.99. The molecule has 4 rings (SSSR count). The largest absolute Gasteiger partial charge is 0.485 e. The lowest BCUT2D eigenvalue weighted by atomic mass is 9.90. The summed E-state index contributed by atoms with van der Waals surface area (Å²) in [6.07, 6.45) is 6.60. The molecule has 0 radical (unpaired) electrons. The molecule has 0 N–H and O–H groups in total. The van der Waals surface area contributed by atoms with Crippen LogP contribution in [-0.2, 0) is 30.2 Å². The highest BCUT2D eigenvalue weighted by molar-refractivity contribution is 7.88. The van der Waals surface area contributed by atoms with Gasteiger partial charge in [0, 0.05) is 57.8 Å². The lowest BCUT2D eigenvalue weighted by molar-refractivity contribution is -0.00787. The van der Waals surface area contributed by atoms with Gasteiger partial charge in [-0.25, -0.2) is 13.4 Å². The van der Waals surface area contributed by atoms with Crippen LogP contribution in [0.25, 0.3) is 0 Å². The van der Waals surface area contributed by atoms with E-state index in [1.54, 1.807) is 4.31 Å². The van der Waals surface area contributed by atoms with Crippen molar-refractivity contribution in [3.8, 4) is 5.75 Å². The lowest BCUT2D eigenvalue weighted by Crippen LogP contribution is -2.54. The number of aromatic nitrogens is 2. The van der Waals surface area contributed by atoms with Crippen molar-refractivity contribution in [2.75, 3.05) is 25.9 Å². The second kappa shape index (κ2) is 7.17. The van der Waals surface area contributed by atoms with Crippen molar-refractivity contribution in [2.45, 2.75) is 38.5 Å². The van der Waals surface area contributed by atoms with Gasteiger partial charge in [0.2, 0.25) is 10.0 Å². The second-order valence-corrected chi connectivity index (χ2v) is 10.2. The van der Waals surface area contributed by atoms with E-state index < -0.39 is 15.6 Å². The normalized spacial score (nSPS) is 20.5. The number of rotatable bonds is 3. The van der Waals surface area contributed by atoms with E-state index in [0.717, 1.165) is 49.4 Å². The summed E-state index contributed by atoms with van der Waals surface area (Å²) in [7, 11) is -1.31. The van der Waals surface area contributed by atoms with Gasteiger partial charge in [-0.3, -0.25) is 4.90 Å². The minimum absolute atomic E-state index is 0.371. The van der Waals surface area contributed by atoms with Crippen molar-refractivity contribution in [3.63, 3.8) is 0 Å². The molecule has 0 atom stereocenters. The highest BCUT2D eigenvalue weighted by atomic mass is 32.2. The Kier molecular flexibility index (Phi) is 4.97. The summed E-state index contributed by atoms with van der Waals surface area (Å²) >= 11 is 0. The molecule has 1 aromatic heterocycles. The lowest BCUT2D eigenvalue weighted by Gasteiger charge is -2.42. The van der Waals surface area contributed by atoms with E-state index >= 15 is 0 Å². The highest BCUT2D eigenvalue weighted by Gasteiger charge is 2.42. The summed E-state index contributed by atoms with van der Waals surface area (Å²) in [4.78, 5) is 6.58. The molecule has 8 heteroatoms. The first-order chi connectivity index (χ1) is 13.2. The van der Waals surface area contributed by atoms with Gasteiger partial charge in [0.1, 0.15) is 11.4 Å². The molecule has 3 heterocycles. The van der Waals surface area contributed by atoms with E-state index in [-0.39, 0.29) is 0 Å². The van der Waals surface area contributed by atoms with Crippen LogP contribution in [0.5, 0.6) is 5.75 Å². The number of hydrogen-bond acceptors (Lipinski definition) is 5. The van der Waals surface area contributed by atoms with E-state index in [2.05, 4.69) is 9.88 Å². The molecule has 2 aliphatic heterocycles. The van der Waals surface area contributed by atoms with E-state index in [4.69, 9.17) is 4.74 Å². The number of nitrogens with zero attached hydrogens (tertiary/aromatic N) is 4. The molecule has 28 heavy (non-hydrogen) atoms. The molecule has 0 amide bonds. The number of imidazole rings is 1. The molecular weight excluding hydrogens is 376 g/mol. The number of benzene rings is 1. The predicted octanol–water partition coefficient (Wildman–Crippen LogP) is 1.92. The standard InChI is InChI=1S/C20H28N4O3S/c1-16-4-5-19-17(10-16)12-24(28(3,25)26)14-20(27-19)6-8-23(9-7-20)13-18-11-21-15-22(18)2/h4-5,10-11,15H,6-9,12-14H2,1-3H3. The summed E-state index contributed by atoms with van der Waals surface area (Å²) in [6.45, 7) is 5.37. The molecule has 152 valence electrons. The average Bonchev–Trinajstić information content (AvgIpc) is 2.94. The second-order valence-electron chi connectivity index (χ2n) is 8.20. The Bertz CT molecular complexity index is 962. The molecule has 0 aliphatic carbocycles. The molecule has 0 unspecified atom stereocenters. The number of aryl methyl sites for hydroxylation is 2. The fraction of sp³-hybridized carbons (Fsp3) is 0.550. The maximum Gasteiger partial charge on any atom is 0.211 e. The van der Waals surface area contributed by atoms with Crippen molar-refractivity contribution in [1.82, 2.24) is 18.8 Å². The van der Waals surface area contributed by atoms with Gasteiger partial charge in [0.25, 0.3) is 0 Å². The number of likely N-dealkylation sites (tertiary alicyclic amines) is 1. The number of hydrogen-bond donors (Lipinski definition) is 0. The van der Waals surface area contributed by atoms with Gasteiger partial charge in [-0.05, 0) is 13.0 Å². The highest BCUT2D eigenvalue weighted by Crippen LogP contribution is 2.37. The van der Waals surface area contributed by atoms with Crippen molar-refractivity contribution < 1.29 is 13.2 Å². The third-order valence-electron chi connectivity index (χ3n) is 5.89. The Morgan fingerprint density at radius 2 is 2.00 bits per heavy atom. The zero-order valence-corrected chi connectivity index (χ0v) is 17.6. The summed E-state index contributed by atoms with van der Waals surface area (Å²) in [5.74, 6) is 0.817. The van der Waals surface area contributed by atoms with Gasteiger partial charge in [0.15, 0.2) is 0 Å². The average molecular weight is 405 g/mol. The first-order valence-electron chi connectivity index (χ1n) is 9.65. The summed E-state index contributed by atoms with van der Waals surface area (Å²) in [6, 6.07) is 6.05. The Morgan fingerprint density at radius 1 is 1.25 bits per heavy atom. The predicted molar refractivity (Wildman–Crippen MR) is 108 cm³/mol. The van der Waals surface area contributed by atoms with Crippen LogP contribution in [0.3, 0.4) is 0 Å². The van der Waals surface area contributed by atoms with E-state index in [1.165, 1.54) is 11.9 Å². The minimum Gasteiger partial charge on any atom is -0.485 e. The van der Waals surface area contributed by atoms with Crippen LogP contribution in [0.15, 0.2) is 30.7 Å². The SMILES string of the molecule is Cc1ccc2c(c1)CN(S(C)(=O)=O)CC1(CCN(Cc3cncn3C)CC1)O2. The van der Waals surface area contributed by atoms with Crippen molar-refractivity contribution >= 4 is 10.0 Å². The Hall–Kier alpha value is -1.90. The van der Waals surface area contributed by atoms with Gasteiger partial charge < -0.3 is 9.30 Å². The molecule has 1 spiro atoms. The van der Waals surface area contributed by atoms with Crippen molar-refractivity contribution in [1.29, 1.82) is 0 Å².